The highest BCUT2D eigenvalue weighted by atomic mass is 35.5. The zero-order valence-electron chi connectivity index (χ0n) is 15.7. The first kappa shape index (κ1) is 22.2. The number of carbonyl (C=O) groups excluding carboxylic acids is 1. The molecule has 27 heavy (non-hydrogen) atoms. The molecule has 3 heterocycles. The Kier molecular flexibility index (Phi) is 7.69. The maximum atomic E-state index is 13.0. The Hall–Kier alpha value is -1.14. The zero-order valence-corrected chi connectivity index (χ0v) is 18.1. The lowest BCUT2D eigenvalue weighted by Crippen LogP contribution is -2.42. The summed E-state index contributed by atoms with van der Waals surface area (Å²) >= 11 is 1.56. The standard InChI is InChI=1S/C20H25N3OS.2ClH/c1-13(2)14-3-5-15(6-4-14)19-22-18(12-25-19)20(24)23-16-7-8-17(23)11-21-10-9-16;;/h3-6,12-13,16-17,21H,7-11H2,1-2H3;2*1H. The summed E-state index contributed by atoms with van der Waals surface area (Å²) in [5.74, 6) is 0.632. The quantitative estimate of drug-likeness (QED) is 0.768. The molecule has 2 aromatic rings. The predicted molar refractivity (Wildman–Crippen MR) is 117 cm³/mol. The zero-order chi connectivity index (χ0) is 17.4. The summed E-state index contributed by atoms with van der Waals surface area (Å²) in [7, 11) is 0. The normalized spacial score (nSPS) is 21.4. The molecule has 2 aliphatic rings. The van der Waals surface area contributed by atoms with Crippen LogP contribution in [0.4, 0.5) is 0 Å². The first-order valence-electron chi connectivity index (χ1n) is 9.22. The molecule has 7 heteroatoms. The first-order chi connectivity index (χ1) is 12.1. The molecule has 1 aromatic carbocycles. The van der Waals surface area contributed by atoms with Crippen molar-refractivity contribution >= 4 is 42.1 Å². The number of thiazole rings is 1. The maximum Gasteiger partial charge on any atom is 0.273 e. The fraction of sp³-hybridized carbons (Fsp3) is 0.500. The van der Waals surface area contributed by atoms with Crippen LogP contribution in [0.3, 0.4) is 0 Å². The molecule has 2 atom stereocenters. The molecule has 0 saturated carbocycles. The lowest BCUT2D eigenvalue weighted by atomic mass is 10.0. The van der Waals surface area contributed by atoms with Gasteiger partial charge in [0, 0.05) is 29.6 Å². The van der Waals surface area contributed by atoms with E-state index in [0.717, 1.165) is 42.9 Å². The number of rotatable bonds is 3. The number of halogens is 2. The van der Waals surface area contributed by atoms with E-state index in [1.807, 2.05) is 5.38 Å². The number of nitrogens with one attached hydrogen (secondary N) is 1. The topological polar surface area (TPSA) is 45.2 Å². The number of carbonyl (C=O) groups is 1. The van der Waals surface area contributed by atoms with Gasteiger partial charge in [-0.15, -0.1) is 36.2 Å². The van der Waals surface area contributed by atoms with Crippen LogP contribution >= 0.6 is 36.2 Å². The molecule has 1 N–H and O–H groups in total. The lowest BCUT2D eigenvalue weighted by Gasteiger charge is -2.27. The van der Waals surface area contributed by atoms with Crippen LogP contribution in [0.25, 0.3) is 10.6 Å². The van der Waals surface area contributed by atoms with E-state index in [2.05, 4.69) is 53.3 Å². The van der Waals surface area contributed by atoms with E-state index in [9.17, 15) is 4.79 Å². The van der Waals surface area contributed by atoms with Crippen molar-refractivity contribution in [3.63, 3.8) is 0 Å². The Morgan fingerprint density at radius 3 is 2.56 bits per heavy atom. The summed E-state index contributed by atoms with van der Waals surface area (Å²) in [6.07, 6.45) is 3.29. The van der Waals surface area contributed by atoms with Crippen molar-refractivity contribution in [1.82, 2.24) is 15.2 Å². The second kappa shape index (κ2) is 9.37. The van der Waals surface area contributed by atoms with E-state index < -0.39 is 0 Å². The Morgan fingerprint density at radius 1 is 1.15 bits per heavy atom. The molecular weight excluding hydrogens is 401 g/mol. The number of amides is 1. The van der Waals surface area contributed by atoms with Gasteiger partial charge < -0.3 is 10.2 Å². The van der Waals surface area contributed by atoms with Gasteiger partial charge in [-0.2, -0.15) is 0 Å². The van der Waals surface area contributed by atoms with Gasteiger partial charge in [0.2, 0.25) is 0 Å². The molecule has 2 saturated heterocycles. The fourth-order valence-corrected chi connectivity index (χ4v) is 4.76. The summed E-state index contributed by atoms with van der Waals surface area (Å²) in [5, 5.41) is 6.30. The molecular formula is C20H27Cl2N3OS. The van der Waals surface area contributed by atoms with Gasteiger partial charge in [0.05, 0.1) is 0 Å². The van der Waals surface area contributed by atoms with Crippen molar-refractivity contribution in [3.8, 4) is 10.6 Å². The number of nitrogens with zero attached hydrogens (tertiary/aromatic N) is 2. The van der Waals surface area contributed by atoms with Gasteiger partial charge >= 0.3 is 0 Å². The van der Waals surface area contributed by atoms with E-state index in [4.69, 9.17) is 0 Å². The molecule has 0 spiro atoms. The highest BCUT2D eigenvalue weighted by Gasteiger charge is 2.39. The fourth-order valence-electron chi connectivity index (χ4n) is 3.96. The van der Waals surface area contributed by atoms with E-state index in [0.29, 0.717) is 23.7 Å². The molecule has 0 aliphatic carbocycles. The van der Waals surface area contributed by atoms with Crippen LogP contribution in [0.2, 0.25) is 0 Å². The van der Waals surface area contributed by atoms with Gasteiger partial charge in [-0.3, -0.25) is 4.79 Å². The highest BCUT2D eigenvalue weighted by molar-refractivity contribution is 7.13. The second-order valence-corrected chi connectivity index (χ2v) is 8.26. The van der Waals surface area contributed by atoms with Crippen LogP contribution in [0.1, 0.15) is 55.1 Å². The van der Waals surface area contributed by atoms with Crippen molar-refractivity contribution in [2.75, 3.05) is 13.1 Å². The molecule has 4 nitrogen and oxygen atoms in total. The van der Waals surface area contributed by atoms with Gasteiger partial charge in [-0.1, -0.05) is 38.1 Å². The first-order valence-corrected chi connectivity index (χ1v) is 10.1. The third-order valence-electron chi connectivity index (χ3n) is 5.44. The predicted octanol–water partition coefficient (Wildman–Crippen LogP) is 4.74. The maximum absolute atomic E-state index is 13.0. The molecule has 4 rings (SSSR count). The third-order valence-corrected chi connectivity index (χ3v) is 6.33. The summed E-state index contributed by atoms with van der Waals surface area (Å²) in [4.78, 5) is 19.8. The van der Waals surface area contributed by atoms with Crippen molar-refractivity contribution in [1.29, 1.82) is 0 Å². The minimum atomic E-state index is 0. The van der Waals surface area contributed by atoms with Crippen molar-refractivity contribution < 1.29 is 4.79 Å². The van der Waals surface area contributed by atoms with Crippen LogP contribution in [-0.4, -0.2) is 41.0 Å². The van der Waals surface area contributed by atoms with Gasteiger partial charge in [-0.05, 0) is 37.3 Å². The third kappa shape index (κ3) is 4.48. The largest absolute Gasteiger partial charge is 0.330 e. The minimum Gasteiger partial charge on any atom is -0.330 e. The minimum absolute atomic E-state index is 0. The van der Waals surface area contributed by atoms with Gasteiger partial charge in [0.25, 0.3) is 5.91 Å². The van der Waals surface area contributed by atoms with Gasteiger partial charge in [-0.25, -0.2) is 4.98 Å². The number of fused-ring (bicyclic) bond motifs is 2. The monoisotopic (exact) mass is 427 g/mol. The number of benzene rings is 1. The summed E-state index contributed by atoms with van der Waals surface area (Å²) in [5.41, 5.74) is 3.02. The SMILES string of the molecule is CC(C)c1ccc(-c2nc(C(=O)N3C4CCNCC3CC4)cs2)cc1.Cl.Cl. The van der Waals surface area contributed by atoms with Crippen molar-refractivity contribution in [3.05, 3.63) is 40.9 Å². The smallest absolute Gasteiger partial charge is 0.273 e. The van der Waals surface area contributed by atoms with Crippen LogP contribution in [0.5, 0.6) is 0 Å². The van der Waals surface area contributed by atoms with Gasteiger partial charge in [0.15, 0.2) is 0 Å². The van der Waals surface area contributed by atoms with Crippen LogP contribution in [0, 0.1) is 0 Å². The summed E-state index contributed by atoms with van der Waals surface area (Å²) in [6, 6.07) is 9.25. The average molecular weight is 428 g/mol. The molecule has 2 unspecified atom stereocenters. The average Bonchev–Trinajstić information content (AvgIpc) is 3.18. The number of aromatic nitrogens is 1. The Labute approximate surface area is 177 Å². The molecule has 2 fully saturated rings. The van der Waals surface area contributed by atoms with Crippen LogP contribution in [-0.2, 0) is 0 Å². The number of hydrogen-bond donors (Lipinski definition) is 1. The van der Waals surface area contributed by atoms with Crippen molar-refractivity contribution in [2.45, 2.75) is 51.1 Å². The Bertz CT molecular complexity index is 749. The second-order valence-electron chi connectivity index (χ2n) is 7.40. The Balaban J connectivity index is 0.00000131. The molecule has 2 aliphatic heterocycles. The lowest BCUT2D eigenvalue weighted by molar-refractivity contribution is 0.0675. The van der Waals surface area contributed by atoms with Crippen molar-refractivity contribution in [2.24, 2.45) is 0 Å². The molecule has 2 bridgehead atoms. The Morgan fingerprint density at radius 2 is 1.85 bits per heavy atom. The number of hydrogen-bond acceptors (Lipinski definition) is 4. The molecule has 0 radical (unpaired) electrons. The molecule has 148 valence electrons. The van der Waals surface area contributed by atoms with E-state index >= 15 is 0 Å². The highest BCUT2D eigenvalue weighted by Crippen LogP contribution is 2.31. The van der Waals surface area contributed by atoms with E-state index in [1.54, 1.807) is 11.3 Å². The molecule has 1 amide bonds. The van der Waals surface area contributed by atoms with Gasteiger partial charge in [0.1, 0.15) is 10.7 Å². The summed E-state index contributed by atoms with van der Waals surface area (Å²) in [6.45, 7) is 6.31. The van der Waals surface area contributed by atoms with Crippen LogP contribution < -0.4 is 5.32 Å². The van der Waals surface area contributed by atoms with Crippen LogP contribution in [0.15, 0.2) is 29.6 Å². The van der Waals surface area contributed by atoms with E-state index in [1.165, 1.54) is 5.56 Å². The summed E-state index contributed by atoms with van der Waals surface area (Å²) < 4.78 is 0. The molecule has 1 aromatic heterocycles. The van der Waals surface area contributed by atoms with E-state index in [-0.39, 0.29) is 30.7 Å².